The van der Waals surface area contributed by atoms with Crippen LogP contribution in [0.15, 0.2) is 34.3 Å². The van der Waals surface area contributed by atoms with Gasteiger partial charge in [-0.2, -0.15) is 5.26 Å². The summed E-state index contributed by atoms with van der Waals surface area (Å²) in [7, 11) is 1.27. The molecule has 7 heteroatoms. The molecule has 2 aliphatic heterocycles. The minimum absolute atomic E-state index is 0.409. The van der Waals surface area contributed by atoms with E-state index in [1.54, 1.807) is 6.07 Å². The second-order valence-corrected chi connectivity index (χ2v) is 7.29. The number of allylic oxidation sites excluding steroid dienone is 2. The Hall–Kier alpha value is -2.33. The van der Waals surface area contributed by atoms with E-state index in [9.17, 15) is 14.9 Å². The van der Waals surface area contributed by atoms with Crippen LogP contribution in [0.2, 0.25) is 0 Å². The number of carbonyl (C=O) groups excluding carboxylic acids is 2. The maximum Gasteiger partial charge on any atom is 0.417 e. The molecule has 0 radical (unpaired) electrons. The van der Waals surface area contributed by atoms with E-state index in [4.69, 9.17) is 9.47 Å². The SMILES string of the molecule is COC(=O)N1c2cc(Br)ccc2[C@@]2(CC=C(C)C)[C@@H]1OC(=O)[C@@H]2C#N. The zero-order valence-electron chi connectivity index (χ0n) is 14.1. The highest BCUT2D eigenvalue weighted by molar-refractivity contribution is 9.10. The first-order valence-electron chi connectivity index (χ1n) is 7.77. The van der Waals surface area contributed by atoms with E-state index in [1.807, 2.05) is 32.1 Å². The summed E-state index contributed by atoms with van der Waals surface area (Å²) in [5.74, 6) is -1.61. The Bertz CT molecular complexity index is 825. The number of ether oxygens (including phenoxy) is 2. The molecule has 1 aromatic carbocycles. The maximum atomic E-state index is 12.4. The molecule has 0 bridgehead atoms. The van der Waals surface area contributed by atoms with E-state index in [0.717, 1.165) is 15.6 Å². The van der Waals surface area contributed by atoms with Gasteiger partial charge in [0.2, 0.25) is 0 Å². The summed E-state index contributed by atoms with van der Waals surface area (Å²) in [5.41, 5.74) is 1.43. The lowest BCUT2D eigenvalue weighted by Gasteiger charge is -2.30. The van der Waals surface area contributed by atoms with Crippen LogP contribution < -0.4 is 4.90 Å². The Morgan fingerprint density at radius 1 is 1.52 bits per heavy atom. The van der Waals surface area contributed by atoms with Crippen molar-refractivity contribution in [3.63, 3.8) is 0 Å². The van der Waals surface area contributed by atoms with Gasteiger partial charge in [0.1, 0.15) is 0 Å². The minimum Gasteiger partial charge on any atom is -0.452 e. The molecule has 0 spiro atoms. The van der Waals surface area contributed by atoms with Gasteiger partial charge in [-0.25, -0.2) is 9.69 Å². The largest absolute Gasteiger partial charge is 0.452 e. The number of fused-ring (bicyclic) bond motifs is 3. The van der Waals surface area contributed by atoms with Crippen LogP contribution in [0.1, 0.15) is 25.8 Å². The molecule has 2 aliphatic rings. The van der Waals surface area contributed by atoms with Crippen LogP contribution in [0.5, 0.6) is 0 Å². The standard InChI is InChI=1S/C18H17BrN2O4/c1-10(2)6-7-18-12-5-4-11(19)8-14(12)21(17(23)24-3)16(18)25-15(22)13(18)9-20/h4-6,8,13,16H,7H2,1-3H3/t13-,16-,18+/m0/s1. The molecule has 0 saturated carbocycles. The van der Waals surface area contributed by atoms with Crippen LogP contribution >= 0.6 is 15.9 Å². The fraction of sp³-hybridized carbons (Fsp3) is 0.389. The van der Waals surface area contributed by atoms with E-state index < -0.39 is 29.6 Å². The number of benzene rings is 1. The van der Waals surface area contributed by atoms with Gasteiger partial charge >= 0.3 is 12.1 Å². The number of carbonyl (C=O) groups is 2. The van der Waals surface area contributed by atoms with Crippen LogP contribution in [-0.4, -0.2) is 25.4 Å². The van der Waals surface area contributed by atoms with Crippen molar-refractivity contribution < 1.29 is 19.1 Å². The van der Waals surface area contributed by atoms with Gasteiger partial charge in [0.25, 0.3) is 0 Å². The van der Waals surface area contributed by atoms with Crippen LogP contribution in [-0.2, 0) is 19.7 Å². The molecule has 1 amide bonds. The normalized spacial score (nSPS) is 26.4. The molecule has 1 fully saturated rings. The number of nitrogens with zero attached hydrogens (tertiary/aromatic N) is 2. The maximum absolute atomic E-state index is 12.4. The third-order valence-electron chi connectivity index (χ3n) is 4.72. The highest BCUT2D eigenvalue weighted by Gasteiger charge is 2.66. The van der Waals surface area contributed by atoms with Crippen molar-refractivity contribution in [1.82, 2.24) is 0 Å². The summed E-state index contributed by atoms with van der Waals surface area (Å²) >= 11 is 3.40. The van der Waals surface area contributed by atoms with E-state index in [0.29, 0.717) is 12.1 Å². The monoisotopic (exact) mass is 404 g/mol. The second-order valence-electron chi connectivity index (χ2n) is 6.38. The van der Waals surface area contributed by atoms with Crippen molar-refractivity contribution >= 4 is 33.7 Å². The zero-order chi connectivity index (χ0) is 18.4. The molecular formula is C18H17BrN2O4. The highest BCUT2D eigenvalue weighted by atomic mass is 79.9. The molecule has 0 aromatic heterocycles. The van der Waals surface area contributed by atoms with Crippen molar-refractivity contribution in [2.45, 2.75) is 31.9 Å². The number of anilines is 1. The Labute approximate surface area is 154 Å². The highest BCUT2D eigenvalue weighted by Crippen LogP contribution is 2.56. The van der Waals surface area contributed by atoms with Gasteiger partial charge in [0.15, 0.2) is 12.1 Å². The lowest BCUT2D eigenvalue weighted by molar-refractivity contribution is -0.142. The number of amides is 1. The smallest absolute Gasteiger partial charge is 0.417 e. The van der Waals surface area contributed by atoms with E-state index in [1.165, 1.54) is 12.0 Å². The summed E-state index contributed by atoms with van der Waals surface area (Å²) in [6.07, 6.45) is 0.838. The van der Waals surface area contributed by atoms with Gasteiger partial charge in [0, 0.05) is 4.47 Å². The molecular weight excluding hydrogens is 388 g/mol. The summed E-state index contributed by atoms with van der Waals surface area (Å²) in [6.45, 7) is 3.89. The number of hydrogen-bond acceptors (Lipinski definition) is 5. The van der Waals surface area contributed by atoms with Crippen LogP contribution in [0.25, 0.3) is 0 Å². The van der Waals surface area contributed by atoms with E-state index in [-0.39, 0.29) is 0 Å². The Morgan fingerprint density at radius 3 is 2.84 bits per heavy atom. The van der Waals surface area contributed by atoms with Crippen LogP contribution in [0.3, 0.4) is 0 Å². The third-order valence-corrected chi connectivity index (χ3v) is 5.22. The molecule has 6 nitrogen and oxygen atoms in total. The lowest BCUT2D eigenvalue weighted by atomic mass is 9.70. The quantitative estimate of drug-likeness (QED) is 0.554. The number of esters is 1. The average molecular weight is 405 g/mol. The number of hydrogen-bond donors (Lipinski definition) is 0. The van der Waals surface area contributed by atoms with Crippen molar-refractivity contribution in [2.24, 2.45) is 5.92 Å². The molecule has 3 rings (SSSR count). The van der Waals surface area contributed by atoms with E-state index in [2.05, 4.69) is 22.0 Å². The summed E-state index contributed by atoms with van der Waals surface area (Å²) in [5, 5.41) is 9.66. The number of nitriles is 1. The first-order chi connectivity index (χ1) is 11.9. The first-order valence-corrected chi connectivity index (χ1v) is 8.56. The van der Waals surface area contributed by atoms with Gasteiger partial charge in [0.05, 0.1) is 24.3 Å². The second kappa shape index (κ2) is 6.19. The first kappa shape index (κ1) is 17.5. The number of halogens is 1. The molecule has 0 N–H and O–H groups in total. The van der Waals surface area contributed by atoms with Crippen molar-refractivity contribution in [2.75, 3.05) is 12.0 Å². The Balaban J connectivity index is 2.28. The topological polar surface area (TPSA) is 79.6 Å². The van der Waals surface area contributed by atoms with Gasteiger partial charge in [-0.3, -0.25) is 4.79 Å². The molecule has 130 valence electrons. The zero-order valence-corrected chi connectivity index (χ0v) is 15.7. The van der Waals surface area contributed by atoms with Gasteiger partial charge < -0.3 is 9.47 Å². The molecule has 25 heavy (non-hydrogen) atoms. The molecule has 3 atom stereocenters. The van der Waals surface area contributed by atoms with Crippen molar-refractivity contribution in [1.29, 1.82) is 5.26 Å². The summed E-state index contributed by atoms with van der Waals surface area (Å²) in [6, 6.07) is 7.53. The number of rotatable bonds is 2. The fourth-order valence-electron chi connectivity index (χ4n) is 3.59. The Kier molecular flexibility index (Phi) is 4.33. The summed E-state index contributed by atoms with van der Waals surface area (Å²) < 4.78 is 11.2. The molecule has 2 heterocycles. The van der Waals surface area contributed by atoms with E-state index >= 15 is 0 Å². The third kappa shape index (κ3) is 2.44. The lowest BCUT2D eigenvalue weighted by Crippen LogP contribution is -2.47. The molecule has 0 aliphatic carbocycles. The molecule has 1 saturated heterocycles. The van der Waals surface area contributed by atoms with Gasteiger partial charge in [-0.15, -0.1) is 0 Å². The number of methoxy groups -OCH3 is 1. The van der Waals surface area contributed by atoms with Gasteiger partial charge in [-0.1, -0.05) is 33.6 Å². The fourth-order valence-corrected chi connectivity index (χ4v) is 3.94. The van der Waals surface area contributed by atoms with Crippen molar-refractivity contribution in [3.05, 3.63) is 39.9 Å². The Morgan fingerprint density at radius 2 is 2.24 bits per heavy atom. The predicted octanol–water partition coefficient (Wildman–Crippen LogP) is 3.65. The average Bonchev–Trinajstić information content (AvgIpc) is 2.99. The van der Waals surface area contributed by atoms with Crippen LogP contribution in [0.4, 0.5) is 10.5 Å². The minimum atomic E-state index is -0.998. The molecule has 0 unspecified atom stereocenters. The van der Waals surface area contributed by atoms with Crippen LogP contribution in [0, 0.1) is 17.2 Å². The van der Waals surface area contributed by atoms with Crippen molar-refractivity contribution in [3.8, 4) is 6.07 Å². The van der Waals surface area contributed by atoms with Gasteiger partial charge in [-0.05, 0) is 38.0 Å². The summed E-state index contributed by atoms with van der Waals surface area (Å²) in [4.78, 5) is 26.1. The molecule has 1 aromatic rings. The predicted molar refractivity (Wildman–Crippen MR) is 93.7 cm³/mol.